The summed E-state index contributed by atoms with van der Waals surface area (Å²) in [6.45, 7) is 6.00. The van der Waals surface area contributed by atoms with Crippen LogP contribution in [0.1, 0.15) is 27.2 Å². The molecule has 1 atom stereocenters. The van der Waals surface area contributed by atoms with Crippen molar-refractivity contribution in [3.63, 3.8) is 0 Å². The van der Waals surface area contributed by atoms with Gasteiger partial charge in [-0.2, -0.15) is 0 Å². The SMILES string of the molecule is CCOC(=O)C(CCOc1cc(F)cc(F)c1)NC(C)C. The second-order valence-electron chi connectivity index (χ2n) is 4.87. The molecule has 0 spiro atoms. The van der Waals surface area contributed by atoms with E-state index in [1.54, 1.807) is 6.92 Å². The van der Waals surface area contributed by atoms with Crippen molar-refractivity contribution < 1.29 is 23.0 Å². The largest absolute Gasteiger partial charge is 0.493 e. The summed E-state index contributed by atoms with van der Waals surface area (Å²) in [4.78, 5) is 11.8. The summed E-state index contributed by atoms with van der Waals surface area (Å²) in [5, 5.41) is 3.07. The topological polar surface area (TPSA) is 47.6 Å². The number of carbonyl (C=O) groups excluding carboxylic acids is 1. The first-order valence-corrected chi connectivity index (χ1v) is 6.94. The van der Waals surface area contributed by atoms with Crippen molar-refractivity contribution in [2.24, 2.45) is 0 Å². The first-order chi connectivity index (χ1) is 9.92. The average molecular weight is 301 g/mol. The Bertz CT molecular complexity index is 446. The molecule has 1 rings (SSSR count). The molecule has 0 saturated heterocycles. The van der Waals surface area contributed by atoms with Crippen LogP contribution in [0.25, 0.3) is 0 Å². The highest BCUT2D eigenvalue weighted by molar-refractivity contribution is 5.75. The zero-order valence-electron chi connectivity index (χ0n) is 12.5. The molecule has 0 aliphatic rings. The van der Waals surface area contributed by atoms with Gasteiger partial charge in [-0.1, -0.05) is 13.8 Å². The van der Waals surface area contributed by atoms with E-state index in [1.165, 1.54) is 0 Å². The summed E-state index contributed by atoms with van der Waals surface area (Å²) >= 11 is 0. The van der Waals surface area contributed by atoms with E-state index >= 15 is 0 Å². The Morgan fingerprint density at radius 3 is 2.38 bits per heavy atom. The van der Waals surface area contributed by atoms with Gasteiger partial charge in [0.1, 0.15) is 23.4 Å². The van der Waals surface area contributed by atoms with Gasteiger partial charge in [0.15, 0.2) is 0 Å². The molecule has 0 aliphatic carbocycles. The Morgan fingerprint density at radius 1 is 1.24 bits per heavy atom. The van der Waals surface area contributed by atoms with Crippen molar-refractivity contribution in [2.45, 2.75) is 39.3 Å². The summed E-state index contributed by atoms with van der Waals surface area (Å²) in [7, 11) is 0. The first-order valence-electron chi connectivity index (χ1n) is 6.94. The zero-order chi connectivity index (χ0) is 15.8. The van der Waals surface area contributed by atoms with Crippen molar-refractivity contribution in [3.8, 4) is 5.75 Å². The summed E-state index contributed by atoms with van der Waals surface area (Å²) in [5.74, 6) is -1.67. The van der Waals surface area contributed by atoms with Crippen LogP contribution in [-0.4, -0.2) is 31.3 Å². The van der Waals surface area contributed by atoms with E-state index in [2.05, 4.69) is 5.32 Å². The van der Waals surface area contributed by atoms with Gasteiger partial charge in [0.05, 0.1) is 13.2 Å². The molecular formula is C15H21F2NO3. The molecule has 0 bridgehead atoms. The molecule has 4 nitrogen and oxygen atoms in total. The van der Waals surface area contributed by atoms with Crippen molar-refractivity contribution in [1.82, 2.24) is 5.32 Å². The van der Waals surface area contributed by atoms with Crippen LogP contribution in [0.5, 0.6) is 5.75 Å². The van der Waals surface area contributed by atoms with Crippen LogP contribution in [0.15, 0.2) is 18.2 Å². The standard InChI is InChI=1S/C15H21F2NO3/c1-4-20-15(19)14(18-10(2)3)5-6-21-13-8-11(16)7-12(17)9-13/h7-10,14,18H,4-6H2,1-3H3. The van der Waals surface area contributed by atoms with E-state index in [4.69, 9.17) is 9.47 Å². The van der Waals surface area contributed by atoms with Crippen LogP contribution in [0.3, 0.4) is 0 Å². The molecule has 0 saturated carbocycles. The molecule has 1 aromatic carbocycles. The Kier molecular flexibility index (Phi) is 7.08. The van der Waals surface area contributed by atoms with E-state index in [9.17, 15) is 13.6 Å². The molecule has 0 radical (unpaired) electrons. The van der Waals surface area contributed by atoms with Gasteiger partial charge in [0.2, 0.25) is 0 Å². The third-order valence-electron chi connectivity index (χ3n) is 2.62. The Morgan fingerprint density at radius 2 is 1.86 bits per heavy atom. The number of hydrogen-bond donors (Lipinski definition) is 1. The van der Waals surface area contributed by atoms with E-state index in [0.717, 1.165) is 18.2 Å². The Hall–Kier alpha value is -1.69. The second kappa shape index (κ2) is 8.56. The minimum atomic E-state index is -0.702. The molecule has 1 N–H and O–H groups in total. The Labute approximate surface area is 123 Å². The lowest BCUT2D eigenvalue weighted by Crippen LogP contribution is -2.42. The van der Waals surface area contributed by atoms with Gasteiger partial charge in [-0.3, -0.25) is 4.79 Å². The van der Waals surface area contributed by atoms with E-state index < -0.39 is 17.7 Å². The van der Waals surface area contributed by atoms with Crippen LogP contribution in [0, 0.1) is 11.6 Å². The molecule has 0 fully saturated rings. The highest BCUT2D eigenvalue weighted by atomic mass is 19.1. The van der Waals surface area contributed by atoms with Gasteiger partial charge in [0, 0.05) is 30.7 Å². The fourth-order valence-electron chi connectivity index (χ4n) is 1.82. The number of carbonyl (C=O) groups is 1. The predicted molar refractivity (Wildman–Crippen MR) is 75.2 cm³/mol. The minimum absolute atomic E-state index is 0.0969. The number of esters is 1. The summed E-state index contributed by atoms with van der Waals surface area (Å²) in [6.07, 6.45) is 0.342. The van der Waals surface area contributed by atoms with Crippen LogP contribution in [-0.2, 0) is 9.53 Å². The van der Waals surface area contributed by atoms with Crippen molar-refractivity contribution in [2.75, 3.05) is 13.2 Å². The quantitative estimate of drug-likeness (QED) is 0.750. The van der Waals surface area contributed by atoms with Gasteiger partial charge in [-0.05, 0) is 6.92 Å². The third kappa shape index (κ3) is 6.53. The maximum atomic E-state index is 13.0. The van der Waals surface area contributed by atoms with Crippen LogP contribution in [0.4, 0.5) is 8.78 Å². The first kappa shape index (κ1) is 17.4. The monoisotopic (exact) mass is 301 g/mol. The Balaban J connectivity index is 2.54. The van der Waals surface area contributed by atoms with Gasteiger partial charge < -0.3 is 14.8 Å². The summed E-state index contributed by atoms with van der Waals surface area (Å²) in [6, 6.07) is 2.56. The molecule has 6 heteroatoms. The van der Waals surface area contributed by atoms with Gasteiger partial charge in [-0.15, -0.1) is 0 Å². The molecule has 118 valence electrons. The molecule has 0 heterocycles. The van der Waals surface area contributed by atoms with Crippen molar-refractivity contribution >= 4 is 5.97 Å². The summed E-state index contributed by atoms with van der Waals surface area (Å²) in [5.41, 5.74) is 0. The molecular weight excluding hydrogens is 280 g/mol. The fourth-order valence-corrected chi connectivity index (χ4v) is 1.82. The van der Waals surface area contributed by atoms with Crippen molar-refractivity contribution in [1.29, 1.82) is 0 Å². The number of nitrogens with one attached hydrogen (secondary N) is 1. The lowest BCUT2D eigenvalue weighted by Gasteiger charge is -2.19. The predicted octanol–water partition coefficient (Wildman–Crippen LogP) is 2.66. The van der Waals surface area contributed by atoms with Crippen LogP contribution >= 0.6 is 0 Å². The van der Waals surface area contributed by atoms with Crippen molar-refractivity contribution in [3.05, 3.63) is 29.8 Å². The molecule has 0 amide bonds. The maximum absolute atomic E-state index is 13.0. The fraction of sp³-hybridized carbons (Fsp3) is 0.533. The van der Waals surface area contributed by atoms with E-state index in [0.29, 0.717) is 13.0 Å². The smallest absolute Gasteiger partial charge is 0.323 e. The maximum Gasteiger partial charge on any atom is 0.323 e. The number of hydrogen-bond acceptors (Lipinski definition) is 4. The summed E-state index contributed by atoms with van der Waals surface area (Å²) < 4.78 is 36.3. The molecule has 1 unspecified atom stereocenters. The second-order valence-corrected chi connectivity index (χ2v) is 4.87. The lowest BCUT2D eigenvalue weighted by atomic mass is 10.2. The number of halogens is 2. The zero-order valence-corrected chi connectivity index (χ0v) is 12.5. The van der Waals surface area contributed by atoms with Crippen LogP contribution in [0.2, 0.25) is 0 Å². The average Bonchev–Trinajstić information content (AvgIpc) is 2.36. The van der Waals surface area contributed by atoms with E-state index in [-0.39, 0.29) is 24.4 Å². The highest BCUT2D eigenvalue weighted by Crippen LogP contribution is 2.15. The van der Waals surface area contributed by atoms with Gasteiger partial charge in [0.25, 0.3) is 0 Å². The lowest BCUT2D eigenvalue weighted by molar-refractivity contribution is -0.146. The number of rotatable bonds is 8. The highest BCUT2D eigenvalue weighted by Gasteiger charge is 2.20. The molecule has 21 heavy (non-hydrogen) atoms. The van der Waals surface area contributed by atoms with Gasteiger partial charge in [-0.25, -0.2) is 8.78 Å². The number of benzene rings is 1. The number of ether oxygens (including phenoxy) is 2. The van der Waals surface area contributed by atoms with E-state index in [1.807, 2.05) is 13.8 Å². The minimum Gasteiger partial charge on any atom is -0.493 e. The van der Waals surface area contributed by atoms with Crippen LogP contribution < -0.4 is 10.1 Å². The van der Waals surface area contributed by atoms with Gasteiger partial charge >= 0.3 is 5.97 Å². The molecule has 0 aromatic heterocycles. The molecule has 0 aliphatic heterocycles. The molecule has 1 aromatic rings. The normalized spacial score (nSPS) is 12.3. The third-order valence-corrected chi connectivity index (χ3v) is 2.62.